The summed E-state index contributed by atoms with van der Waals surface area (Å²) in [5.74, 6) is -2.49. The van der Waals surface area contributed by atoms with Crippen molar-refractivity contribution in [1.29, 1.82) is 0 Å². The standard InChI is InChI=1S/C24H36N2O6/c1-6-8-15-31-22(30)18-17-20(28)26(13-9-14-27)19(21(29)25(12-7-2)16(3)4)24(17)11-10-23(18,5)32-24/h6-7,16-19,27H,1-2,8-15H2,3-5H3/t17-,18-,19?,23+,24?/m0/s1. The van der Waals surface area contributed by atoms with Crippen LogP contribution >= 0.6 is 0 Å². The van der Waals surface area contributed by atoms with Crippen LogP contribution in [0, 0.1) is 11.8 Å². The summed E-state index contributed by atoms with van der Waals surface area (Å²) in [5, 5.41) is 9.39. The van der Waals surface area contributed by atoms with Crippen LogP contribution in [-0.4, -0.2) is 82.3 Å². The van der Waals surface area contributed by atoms with Gasteiger partial charge in [0.2, 0.25) is 11.8 Å². The van der Waals surface area contributed by atoms with Gasteiger partial charge in [-0.3, -0.25) is 14.4 Å². The van der Waals surface area contributed by atoms with Crippen molar-refractivity contribution in [2.45, 2.75) is 69.7 Å². The molecule has 8 heteroatoms. The molecule has 2 amide bonds. The number of aliphatic hydroxyl groups is 1. The monoisotopic (exact) mass is 448 g/mol. The summed E-state index contributed by atoms with van der Waals surface area (Å²) in [4.78, 5) is 43.8. The summed E-state index contributed by atoms with van der Waals surface area (Å²) in [6.07, 6.45) is 5.28. The predicted octanol–water partition coefficient (Wildman–Crippen LogP) is 1.68. The normalized spacial score (nSPS) is 32.8. The third-order valence-corrected chi connectivity index (χ3v) is 7.12. The molecule has 2 unspecified atom stereocenters. The minimum Gasteiger partial charge on any atom is -0.465 e. The zero-order valence-corrected chi connectivity index (χ0v) is 19.4. The van der Waals surface area contributed by atoms with Crippen LogP contribution in [0.25, 0.3) is 0 Å². The van der Waals surface area contributed by atoms with Crippen molar-refractivity contribution in [3.63, 3.8) is 0 Å². The second kappa shape index (κ2) is 9.35. The Hall–Kier alpha value is -2.19. The number of carbonyl (C=O) groups is 3. The molecule has 3 aliphatic heterocycles. The second-order valence-electron chi connectivity index (χ2n) is 9.45. The van der Waals surface area contributed by atoms with Crippen molar-refractivity contribution in [3.8, 4) is 0 Å². The van der Waals surface area contributed by atoms with E-state index in [0.717, 1.165) is 0 Å². The first-order valence-electron chi connectivity index (χ1n) is 11.5. The lowest BCUT2D eigenvalue weighted by Gasteiger charge is -2.38. The number of hydrogen-bond donors (Lipinski definition) is 1. The minimum atomic E-state index is -1.07. The van der Waals surface area contributed by atoms with Gasteiger partial charge in [-0.2, -0.15) is 0 Å². The summed E-state index contributed by atoms with van der Waals surface area (Å²) in [7, 11) is 0. The molecule has 0 radical (unpaired) electrons. The van der Waals surface area contributed by atoms with Crippen LogP contribution in [-0.2, 0) is 23.9 Å². The number of rotatable bonds is 11. The molecule has 0 saturated carbocycles. The quantitative estimate of drug-likeness (QED) is 0.293. The van der Waals surface area contributed by atoms with Crippen LogP contribution in [0.3, 0.4) is 0 Å². The van der Waals surface area contributed by atoms with Crippen LogP contribution < -0.4 is 0 Å². The average Bonchev–Trinajstić information content (AvgIpc) is 3.30. The molecular weight excluding hydrogens is 412 g/mol. The Morgan fingerprint density at radius 1 is 1.34 bits per heavy atom. The number of ether oxygens (including phenoxy) is 2. The predicted molar refractivity (Wildman–Crippen MR) is 118 cm³/mol. The van der Waals surface area contributed by atoms with Crippen molar-refractivity contribution < 1.29 is 29.0 Å². The van der Waals surface area contributed by atoms with E-state index in [2.05, 4.69) is 13.2 Å². The van der Waals surface area contributed by atoms with Gasteiger partial charge in [0.15, 0.2) is 0 Å². The lowest BCUT2D eigenvalue weighted by atomic mass is 9.66. The molecule has 8 nitrogen and oxygen atoms in total. The molecule has 0 aromatic heterocycles. The van der Waals surface area contributed by atoms with Gasteiger partial charge in [-0.1, -0.05) is 12.2 Å². The van der Waals surface area contributed by atoms with Gasteiger partial charge in [-0.15, -0.1) is 13.2 Å². The molecule has 1 N–H and O–H groups in total. The summed E-state index contributed by atoms with van der Waals surface area (Å²) < 4.78 is 12.0. The molecule has 3 fully saturated rings. The Kier molecular flexibility index (Phi) is 7.15. The van der Waals surface area contributed by atoms with Gasteiger partial charge < -0.3 is 24.4 Å². The van der Waals surface area contributed by atoms with Crippen molar-refractivity contribution >= 4 is 17.8 Å². The highest BCUT2D eigenvalue weighted by molar-refractivity contribution is 5.98. The van der Waals surface area contributed by atoms with Crippen LogP contribution in [0.1, 0.15) is 46.5 Å². The molecule has 0 aromatic carbocycles. The van der Waals surface area contributed by atoms with E-state index in [-0.39, 0.29) is 37.6 Å². The van der Waals surface area contributed by atoms with E-state index in [1.807, 2.05) is 20.8 Å². The van der Waals surface area contributed by atoms with Gasteiger partial charge in [0.1, 0.15) is 17.6 Å². The summed E-state index contributed by atoms with van der Waals surface area (Å²) in [5.41, 5.74) is -1.93. The average molecular weight is 449 g/mol. The first kappa shape index (κ1) is 24.5. The van der Waals surface area contributed by atoms with E-state index in [4.69, 9.17) is 9.47 Å². The maximum absolute atomic E-state index is 13.8. The zero-order valence-electron chi connectivity index (χ0n) is 19.4. The Bertz CT molecular complexity index is 782. The lowest BCUT2D eigenvalue weighted by Crippen LogP contribution is -2.57. The number of hydrogen-bond acceptors (Lipinski definition) is 6. The molecule has 0 aromatic rings. The maximum atomic E-state index is 13.8. The van der Waals surface area contributed by atoms with E-state index in [1.165, 1.54) is 4.90 Å². The molecule has 32 heavy (non-hydrogen) atoms. The van der Waals surface area contributed by atoms with Gasteiger partial charge in [-0.25, -0.2) is 0 Å². The third kappa shape index (κ3) is 3.77. The lowest BCUT2D eigenvalue weighted by molar-refractivity contribution is -0.160. The third-order valence-electron chi connectivity index (χ3n) is 7.12. The van der Waals surface area contributed by atoms with Gasteiger partial charge in [0.05, 0.1) is 18.1 Å². The molecular formula is C24H36N2O6. The number of carbonyl (C=O) groups excluding carboxylic acids is 3. The van der Waals surface area contributed by atoms with E-state index in [9.17, 15) is 19.5 Å². The number of amides is 2. The van der Waals surface area contributed by atoms with E-state index >= 15 is 0 Å². The van der Waals surface area contributed by atoms with Gasteiger partial charge in [0.25, 0.3) is 0 Å². The summed E-state index contributed by atoms with van der Waals surface area (Å²) in [6.45, 7) is 13.7. The highest BCUT2D eigenvalue weighted by Crippen LogP contribution is 2.63. The molecule has 2 bridgehead atoms. The second-order valence-corrected chi connectivity index (χ2v) is 9.45. The Balaban J connectivity index is 2.01. The summed E-state index contributed by atoms with van der Waals surface area (Å²) in [6, 6.07) is -0.943. The molecule has 3 rings (SSSR count). The fraction of sp³-hybridized carbons (Fsp3) is 0.708. The van der Waals surface area contributed by atoms with Crippen molar-refractivity contribution in [2.75, 3.05) is 26.3 Å². The van der Waals surface area contributed by atoms with Crippen molar-refractivity contribution in [2.24, 2.45) is 11.8 Å². The smallest absolute Gasteiger partial charge is 0.312 e. The maximum Gasteiger partial charge on any atom is 0.312 e. The van der Waals surface area contributed by atoms with Crippen LogP contribution in [0.2, 0.25) is 0 Å². The number of nitrogens with zero attached hydrogens (tertiary/aromatic N) is 2. The SMILES string of the molecule is C=CCCOC(=O)[C@@H]1[C@H]2C(=O)N(CCCO)C(C(=O)N(CC=C)C(C)C)C23CC[C@@]1(C)O3. The van der Waals surface area contributed by atoms with Gasteiger partial charge >= 0.3 is 5.97 Å². The van der Waals surface area contributed by atoms with E-state index in [1.54, 1.807) is 17.1 Å². The van der Waals surface area contributed by atoms with Crippen molar-refractivity contribution in [3.05, 3.63) is 25.3 Å². The molecule has 3 aliphatic rings. The van der Waals surface area contributed by atoms with Crippen LogP contribution in [0.4, 0.5) is 0 Å². The fourth-order valence-corrected chi connectivity index (χ4v) is 5.73. The Labute approximate surface area is 190 Å². The van der Waals surface area contributed by atoms with Gasteiger partial charge in [-0.05, 0) is 46.5 Å². The molecule has 3 heterocycles. The van der Waals surface area contributed by atoms with Crippen LogP contribution in [0.15, 0.2) is 25.3 Å². The molecule has 178 valence electrons. The highest BCUT2D eigenvalue weighted by Gasteiger charge is 2.78. The Morgan fingerprint density at radius 3 is 2.66 bits per heavy atom. The largest absolute Gasteiger partial charge is 0.465 e. The minimum absolute atomic E-state index is 0.0976. The topological polar surface area (TPSA) is 96.4 Å². The van der Waals surface area contributed by atoms with E-state index < -0.39 is 35.0 Å². The number of fused-ring (bicyclic) bond motifs is 1. The molecule has 0 aliphatic carbocycles. The van der Waals surface area contributed by atoms with Crippen molar-refractivity contribution in [1.82, 2.24) is 9.80 Å². The first-order valence-corrected chi connectivity index (χ1v) is 11.5. The van der Waals surface area contributed by atoms with Crippen LogP contribution in [0.5, 0.6) is 0 Å². The molecule has 3 saturated heterocycles. The van der Waals surface area contributed by atoms with Gasteiger partial charge in [0, 0.05) is 25.7 Å². The molecule has 1 spiro atoms. The summed E-state index contributed by atoms with van der Waals surface area (Å²) >= 11 is 0. The number of aliphatic hydroxyl groups excluding tert-OH is 1. The van der Waals surface area contributed by atoms with E-state index in [0.29, 0.717) is 32.2 Å². The number of esters is 1. The Morgan fingerprint density at radius 2 is 2.06 bits per heavy atom. The fourth-order valence-electron chi connectivity index (χ4n) is 5.73. The number of likely N-dealkylation sites (tertiary alicyclic amines) is 1. The zero-order chi connectivity index (χ0) is 23.7. The molecule has 5 atom stereocenters. The highest BCUT2D eigenvalue weighted by atomic mass is 16.6. The first-order chi connectivity index (χ1) is 15.2.